The fourth-order valence-corrected chi connectivity index (χ4v) is 4.34. The highest BCUT2D eigenvalue weighted by Gasteiger charge is 2.34. The van der Waals surface area contributed by atoms with Gasteiger partial charge in [0.15, 0.2) is 0 Å². The number of hydrogen-bond acceptors (Lipinski definition) is 5. The van der Waals surface area contributed by atoms with Gasteiger partial charge in [0.1, 0.15) is 18.1 Å². The molecule has 164 valence electrons. The highest BCUT2D eigenvalue weighted by molar-refractivity contribution is 7.12. The molecule has 0 spiro atoms. The Kier molecular flexibility index (Phi) is 6.32. The quantitative estimate of drug-likeness (QED) is 0.560. The van der Waals surface area contributed by atoms with E-state index in [1.807, 2.05) is 29.6 Å². The van der Waals surface area contributed by atoms with E-state index in [-0.39, 0.29) is 24.2 Å². The Bertz CT molecular complexity index is 1150. The summed E-state index contributed by atoms with van der Waals surface area (Å²) in [6.07, 6.45) is 0.363. The SMILES string of the molecule is COc1ccc(C2CC(c3ccccc3F)=NN2C(=O)CN(C)C(=O)c2cccs2)cc1. The number of hydrogen-bond donors (Lipinski definition) is 0. The van der Waals surface area contributed by atoms with Crippen molar-refractivity contribution in [2.75, 3.05) is 20.7 Å². The van der Waals surface area contributed by atoms with Gasteiger partial charge in [-0.2, -0.15) is 5.10 Å². The standard InChI is InChI=1S/C24H22FN3O3S/c1-27(24(30)22-8-5-13-32-22)15-23(29)28-21(16-9-11-17(31-2)12-10-16)14-20(26-28)18-6-3-4-7-19(18)25/h3-13,21H,14-15H2,1-2H3. The van der Waals surface area contributed by atoms with E-state index in [1.165, 1.54) is 27.3 Å². The maximum absolute atomic E-state index is 14.4. The Labute approximate surface area is 189 Å². The van der Waals surface area contributed by atoms with Crippen molar-refractivity contribution >= 4 is 28.9 Å². The Morgan fingerprint density at radius 3 is 2.56 bits per heavy atom. The molecule has 1 unspecified atom stereocenters. The van der Waals surface area contributed by atoms with Crippen LogP contribution >= 0.6 is 11.3 Å². The van der Waals surface area contributed by atoms with Gasteiger partial charge < -0.3 is 9.64 Å². The third-order valence-electron chi connectivity index (χ3n) is 5.30. The number of likely N-dealkylation sites (N-methyl/N-ethyl adjacent to an activating group) is 1. The zero-order valence-electron chi connectivity index (χ0n) is 17.7. The molecule has 2 aromatic carbocycles. The van der Waals surface area contributed by atoms with Gasteiger partial charge in [-0.05, 0) is 35.2 Å². The van der Waals surface area contributed by atoms with Gasteiger partial charge in [-0.25, -0.2) is 9.40 Å². The first kappa shape index (κ1) is 21.7. The molecule has 0 saturated carbocycles. The van der Waals surface area contributed by atoms with Crippen molar-refractivity contribution in [2.24, 2.45) is 5.10 Å². The van der Waals surface area contributed by atoms with Crippen LogP contribution in [-0.2, 0) is 4.79 Å². The molecular formula is C24H22FN3O3S. The number of halogens is 1. The first-order valence-corrected chi connectivity index (χ1v) is 10.9. The summed E-state index contributed by atoms with van der Waals surface area (Å²) < 4.78 is 19.6. The lowest BCUT2D eigenvalue weighted by molar-refractivity contribution is -0.133. The van der Waals surface area contributed by atoms with E-state index in [9.17, 15) is 14.0 Å². The molecule has 0 radical (unpaired) electrons. The summed E-state index contributed by atoms with van der Waals surface area (Å²) in [5.74, 6) is -0.267. The minimum absolute atomic E-state index is 0.141. The van der Waals surface area contributed by atoms with Gasteiger partial charge in [0.25, 0.3) is 11.8 Å². The van der Waals surface area contributed by atoms with Crippen LogP contribution < -0.4 is 4.74 Å². The predicted molar refractivity (Wildman–Crippen MR) is 121 cm³/mol. The molecule has 2 heterocycles. The number of hydrazone groups is 1. The molecule has 6 nitrogen and oxygen atoms in total. The van der Waals surface area contributed by atoms with E-state index >= 15 is 0 Å². The third kappa shape index (κ3) is 4.40. The number of methoxy groups -OCH3 is 1. The van der Waals surface area contributed by atoms with Crippen LogP contribution in [0.15, 0.2) is 71.1 Å². The Morgan fingerprint density at radius 2 is 1.91 bits per heavy atom. The van der Waals surface area contributed by atoms with Gasteiger partial charge in [0, 0.05) is 19.0 Å². The monoisotopic (exact) mass is 451 g/mol. The molecule has 0 aliphatic carbocycles. The van der Waals surface area contributed by atoms with Crippen molar-refractivity contribution in [3.8, 4) is 5.75 Å². The Morgan fingerprint density at radius 1 is 1.16 bits per heavy atom. The van der Waals surface area contributed by atoms with Crippen molar-refractivity contribution in [1.29, 1.82) is 0 Å². The van der Waals surface area contributed by atoms with Crippen LogP contribution in [0.2, 0.25) is 0 Å². The molecule has 0 fully saturated rings. The first-order chi connectivity index (χ1) is 15.5. The molecule has 1 aliphatic heterocycles. The minimum atomic E-state index is -0.409. The molecule has 1 atom stereocenters. The van der Waals surface area contributed by atoms with E-state index in [2.05, 4.69) is 5.10 Å². The summed E-state index contributed by atoms with van der Waals surface area (Å²) in [5.41, 5.74) is 1.70. The smallest absolute Gasteiger partial charge is 0.264 e. The lowest BCUT2D eigenvalue weighted by Gasteiger charge is -2.25. The summed E-state index contributed by atoms with van der Waals surface area (Å²) in [4.78, 5) is 27.7. The summed E-state index contributed by atoms with van der Waals surface area (Å²) in [7, 11) is 3.17. The number of carbonyl (C=O) groups excluding carboxylic acids is 2. The second-order valence-corrected chi connectivity index (χ2v) is 8.34. The van der Waals surface area contributed by atoms with Crippen molar-refractivity contribution in [3.05, 3.63) is 87.9 Å². The Hall–Kier alpha value is -3.52. The van der Waals surface area contributed by atoms with Crippen LogP contribution in [0.1, 0.15) is 33.3 Å². The highest BCUT2D eigenvalue weighted by Crippen LogP contribution is 2.34. The van der Waals surface area contributed by atoms with Crippen molar-refractivity contribution in [3.63, 3.8) is 0 Å². The van der Waals surface area contributed by atoms with E-state index in [1.54, 1.807) is 44.5 Å². The molecule has 3 aromatic rings. The molecule has 4 rings (SSSR count). The number of rotatable bonds is 6. The number of carbonyl (C=O) groups is 2. The fourth-order valence-electron chi connectivity index (χ4n) is 3.62. The summed E-state index contributed by atoms with van der Waals surface area (Å²) in [6.45, 7) is -0.141. The summed E-state index contributed by atoms with van der Waals surface area (Å²) in [6, 6.07) is 16.8. The summed E-state index contributed by atoms with van der Waals surface area (Å²) >= 11 is 1.32. The number of nitrogens with zero attached hydrogens (tertiary/aromatic N) is 3. The van der Waals surface area contributed by atoms with E-state index in [0.29, 0.717) is 28.3 Å². The van der Waals surface area contributed by atoms with Gasteiger partial charge in [-0.15, -0.1) is 11.3 Å². The average Bonchev–Trinajstić information content (AvgIpc) is 3.49. The van der Waals surface area contributed by atoms with Gasteiger partial charge in [0.05, 0.1) is 23.7 Å². The third-order valence-corrected chi connectivity index (χ3v) is 6.16. The number of thiophene rings is 1. The van der Waals surface area contributed by atoms with Crippen LogP contribution in [0.25, 0.3) is 0 Å². The van der Waals surface area contributed by atoms with E-state index in [4.69, 9.17) is 4.74 Å². The molecule has 1 aromatic heterocycles. The number of ether oxygens (including phenoxy) is 1. The molecule has 32 heavy (non-hydrogen) atoms. The Balaban J connectivity index is 1.61. The summed E-state index contributed by atoms with van der Waals surface area (Å²) in [5, 5.41) is 7.66. The van der Waals surface area contributed by atoms with Crippen LogP contribution in [0.5, 0.6) is 5.75 Å². The second kappa shape index (κ2) is 9.32. The molecule has 0 bridgehead atoms. The predicted octanol–water partition coefficient (Wildman–Crippen LogP) is 4.35. The normalized spacial score (nSPS) is 15.4. The van der Waals surface area contributed by atoms with Crippen LogP contribution in [-0.4, -0.2) is 48.1 Å². The largest absolute Gasteiger partial charge is 0.497 e. The van der Waals surface area contributed by atoms with Gasteiger partial charge in [-0.1, -0.05) is 36.4 Å². The van der Waals surface area contributed by atoms with Gasteiger partial charge in [0.2, 0.25) is 0 Å². The second-order valence-electron chi connectivity index (χ2n) is 7.40. The maximum Gasteiger partial charge on any atom is 0.264 e. The molecule has 0 N–H and O–H groups in total. The van der Waals surface area contributed by atoms with Gasteiger partial charge >= 0.3 is 0 Å². The zero-order chi connectivity index (χ0) is 22.7. The molecular weight excluding hydrogens is 429 g/mol. The van der Waals surface area contributed by atoms with Crippen LogP contribution in [0, 0.1) is 5.82 Å². The fraction of sp³-hybridized carbons (Fsp3) is 0.208. The zero-order valence-corrected chi connectivity index (χ0v) is 18.5. The molecule has 2 amide bonds. The van der Waals surface area contributed by atoms with Crippen molar-refractivity contribution < 1.29 is 18.7 Å². The van der Waals surface area contributed by atoms with Crippen molar-refractivity contribution in [2.45, 2.75) is 12.5 Å². The average molecular weight is 452 g/mol. The molecule has 0 saturated heterocycles. The molecule has 8 heteroatoms. The minimum Gasteiger partial charge on any atom is -0.497 e. The lowest BCUT2D eigenvalue weighted by atomic mass is 9.98. The van der Waals surface area contributed by atoms with Gasteiger partial charge in [-0.3, -0.25) is 9.59 Å². The topological polar surface area (TPSA) is 62.2 Å². The van der Waals surface area contributed by atoms with E-state index < -0.39 is 6.04 Å². The maximum atomic E-state index is 14.4. The highest BCUT2D eigenvalue weighted by atomic mass is 32.1. The number of amides is 2. The lowest BCUT2D eigenvalue weighted by Crippen LogP contribution is -2.39. The van der Waals surface area contributed by atoms with E-state index in [0.717, 1.165) is 5.56 Å². The van der Waals surface area contributed by atoms with Crippen LogP contribution in [0.4, 0.5) is 4.39 Å². The number of benzene rings is 2. The van der Waals surface area contributed by atoms with Crippen molar-refractivity contribution in [1.82, 2.24) is 9.91 Å². The molecule has 1 aliphatic rings. The first-order valence-electron chi connectivity index (χ1n) is 10.0. The van der Waals surface area contributed by atoms with Crippen LogP contribution in [0.3, 0.4) is 0 Å².